The average molecular weight is 321 g/mol. The highest BCUT2D eigenvalue weighted by Crippen LogP contribution is 2.12. The van der Waals surface area contributed by atoms with Crippen molar-refractivity contribution >= 4 is 5.91 Å². The lowest BCUT2D eigenvalue weighted by atomic mass is 10.1. The quantitative estimate of drug-likeness (QED) is 0.683. The summed E-state index contributed by atoms with van der Waals surface area (Å²) in [6.45, 7) is 8.83. The van der Waals surface area contributed by atoms with Gasteiger partial charge in [-0.15, -0.1) is 0 Å². The minimum Gasteiger partial charge on any atom is -0.484 e. The van der Waals surface area contributed by atoms with Crippen molar-refractivity contribution in [2.75, 3.05) is 33.8 Å². The van der Waals surface area contributed by atoms with E-state index >= 15 is 0 Å². The average Bonchev–Trinajstić information content (AvgIpc) is 2.44. The molecule has 0 fully saturated rings. The molecule has 2 N–H and O–H groups in total. The summed E-state index contributed by atoms with van der Waals surface area (Å²) < 4.78 is 5.50. The number of amides is 1. The van der Waals surface area contributed by atoms with E-state index in [4.69, 9.17) is 4.74 Å². The van der Waals surface area contributed by atoms with E-state index in [2.05, 4.69) is 29.6 Å². The molecule has 0 aliphatic heterocycles. The van der Waals surface area contributed by atoms with Crippen LogP contribution in [-0.4, -0.2) is 50.1 Å². The molecule has 1 aromatic carbocycles. The van der Waals surface area contributed by atoms with Gasteiger partial charge in [-0.25, -0.2) is 0 Å². The normalized spacial score (nSPS) is 11.6. The highest BCUT2D eigenvalue weighted by molar-refractivity contribution is 5.78. The molecule has 5 heteroatoms. The van der Waals surface area contributed by atoms with Gasteiger partial charge in [-0.1, -0.05) is 12.1 Å². The lowest BCUT2D eigenvalue weighted by Crippen LogP contribution is -2.43. The third kappa shape index (κ3) is 9.92. The van der Waals surface area contributed by atoms with E-state index in [0.717, 1.165) is 26.1 Å². The molecule has 0 bridgehead atoms. The topological polar surface area (TPSA) is 53.6 Å². The van der Waals surface area contributed by atoms with Crippen LogP contribution in [0, 0.1) is 0 Å². The fraction of sp³-hybridized carbons (Fsp3) is 0.611. The second-order valence-corrected chi connectivity index (χ2v) is 7.06. The van der Waals surface area contributed by atoms with Crippen molar-refractivity contribution in [1.82, 2.24) is 15.5 Å². The molecule has 0 saturated heterocycles. The maximum atomic E-state index is 11.7. The fourth-order valence-corrected chi connectivity index (χ4v) is 2.06. The van der Waals surface area contributed by atoms with E-state index in [-0.39, 0.29) is 18.1 Å². The molecule has 1 aromatic rings. The van der Waals surface area contributed by atoms with Gasteiger partial charge in [-0.2, -0.15) is 0 Å². The molecule has 130 valence electrons. The van der Waals surface area contributed by atoms with Crippen LogP contribution < -0.4 is 15.4 Å². The van der Waals surface area contributed by atoms with Gasteiger partial charge in [0.25, 0.3) is 5.91 Å². The largest absolute Gasteiger partial charge is 0.484 e. The molecule has 1 amide bonds. The molecule has 0 aliphatic rings. The van der Waals surface area contributed by atoms with Gasteiger partial charge in [-0.3, -0.25) is 4.79 Å². The molecule has 0 unspecified atom stereocenters. The van der Waals surface area contributed by atoms with E-state index in [1.54, 1.807) is 0 Å². The predicted octanol–water partition coefficient (Wildman–Crippen LogP) is 2.02. The van der Waals surface area contributed by atoms with E-state index in [1.807, 2.05) is 45.0 Å². The Hall–Kier alpha value is -1.59. The van der Waals surface area contributed by atoms with Crippen molar-refractivity contribution in [3.05, 3.63) is 29.8 Å². The Bertz CT molecular complexity index is 464. The molecular formula is C18H31N3O2. The monoisotopic (exact) mass is 321 g/mol. The van der Waals surface area contributed by atoms with Crippen LogP contribution in [-0.2, 0) is 11.3 Å². The van der Waals surface area contributed by atoms with Gasteiger partial charge >= 0.3 is 0 Å². The lowest BCUT2D eigenvalue weighted by molar-refractivity contribution is -0.124. The standard InChI is InChI=1S/C18H31N3O2/c1-18(2,3)20-17(22)14-23-16-9-7-15(8-10-16)13-19-11-6-12-21(4)5/h7-10,19H,6,11-14H2,1-5H3,(H,20,22). The van der Waals surface area contributed by atoms with Gasteiger partial charge in [-0.05, 0) is 72.1 Å². The molecule has 5 nitrogen and oxygen atoms in total. The molecule has 23 heavy (non-hydrogen) atoms. The zero-order valence-electron chi connectivity index (χ0n) is 15.1. The minimum atomic E-state index is -0.234. The number of ether oxygens (including phenoxy) is 1. The van der Waals surface area contributed by atoms with Gasteiger partial charge in [0.1, 0.15) is 5.75 Å². The Kier molecular flexibility index (Phi) is 8.06. The highest BCUT2D eigenvalue weighted by atomic mass is 16.5. The summed E-state index contributed by atoms with van der Waals surface area (Å²) in [5, 5.41) is 6.29. The zero-order valence-corrected chi connectivity index (χ0v) is 15.1. The smallest absolute Gasteiger partial charge is 0.258 e. The van der Waals surface area contributed by atoms with Crippen LogP contribution in [0.3, 0.4) is 0 Å². The van der Waals surface area contributed by atoms with Gasteiger partial charge < -0.3 is 20.3 Å². The number of hydrogen-bond donors (Lipinski definition) is 2. The Labute approximate surface area is 140 Å². The molecular weight excluding hydrogens is 290 g/mol. The molecule has 0 radical (unpaired) electrons. The molecule has 0 heterocycles. The molecule has 0 saturated carbocycles. The number of nitrogens with one attached hydrogen (secondary N) is 2. The third-order valence-electron chi connectivity index (χ3n) is 3.10. The summed E-state index contributed by atoms with van der Waals surface area (Å²) in [5.41, 5.74) is 0.976. The number of hydrogen-bond acceptors (Lipinski definition) is 4. The lowest BCUT2D eigenvalue weighted by Gasteiger charge is -2.20. The van der Waals surface area contributed by atoms with Crippen LogP contribution in [0.2, 0.25) is 0 Å². The van der Waals surface area contributed by atoms with E-state index < -0.39 is 0 Å². The van der Waals surface area contributed by atoms with Crippen LogP contribution in [0.25, 0.3) is 0 Å². The summed E-state index contributed by atoms with van der Waals surface area (Å²) in [7, 11) is 4.17. The maximum Gasteiger partial charge on any atom is 0.258 e. The Morgan fingerprint density at radius 3 is 2.39 bits per heavy atom. The van der Waals surface area contributed by atoms with E-state index in [9.17, 15) is 4.79 Å². The van der Waals surface area contributed by atoms with Crippen LogP contribution in [0.4, 0.5) is 0 Å². The number of nitrogens with zero attached hydrogens (tertiary/aromatic N) is 1. The Morgan fingerprint density at radius 2 is 1.83 bits per heavy atom. The number of rotatable bonds is 9. The number of benzene rings is 1. The van der Waals surface area contributed by atoms with Gasteiger partial charge in [0, 0.05) is 12.1 Å². The SMILES string of the molecule is CN(C)CCCNCc1ccc(OCC(=O)NC(C)(C)C)cc1. The van der Waals surface area contributed by atoms with Crippen molar-refractivity contribution in [3.8, 4) is 5.75 Å². The highest BCUT2D eigenvalue weighted by Gasteiger charge is 2.13. The number of carbonyl (C=O) groups excluding carboxylic acids is 1. The molecule has 0 atom stereocenters. The van der Waals surface area contributed by atoms with Crippen molar-refractivity contribution in [3.63, 3.8) is 0 Å². The van der Waals surface area contributed by atoms with Crippen molar-refractivity contribution in [1.29, 1.82) is 0 Å². The van der Waals surface area contributed by atoms with E-state index in [1.165, 1.54) is 5.56 Å². The summed E-state index contributed by atoms with van der Waals surface area (Å²) in [5.74, 6) is 0.606. The van der Waals surface area contributed by atoms with Crippen LogP contribution >= 0.6 is 0 Å². The summed E-state index contributed by atoms with van der Waals surface area (Å²) in [6, 6.07) is 7.86. The second-order valence-electron chi connectivity index (χ2n) is 7.06. The Balaban J connectivity index is 2.26. The summed E-state index contributed by atoms with van der Waals surface area (Å²) in [6.07, 6.45) is 1.14. The first kappa shape index (κ1) is 19.5. The molecule has 1 rings (SSSR count). The van der Waals surface area contributed by atoms with E-state index in [0.29, 0.717) is 5.75 Å². The first-order valence-electron chi connectivity index (χ1n) is 8.14. The van der Waals surface area contributed by atoms with Gasteiger partial charge in [0.05, 0.1) is 0 Å². The molecule has 0 aliphatic carbocycles. The Morgan fingerprint density at radius 1 is 1.17 bits per heavy atom. The first-order chi connectivity index (χ1) is 10.8. The predicted molar refractivity (Wildman–Crippen MR) is 94.7 cm³/mol. The molecule has 0 spiro atoms. The van der Waals surface area contributed by atoms with Gasteiger partial charge in [0.15, 0.2) is 6.61 Å². The van der Waals surface area contributed by atoms with Crippen molar-refractivity contribution in [2.45, 2.75) is 39.3 Å². The van der Waals surface area contributed by atoms with Crippen LogP contribution in [0.15, 0.2) is 24.3 Å². The first-order valence-corrected chi connectivity index (χ1v) is 8.14. The summed E-state index contributed by atoms with van der Waals surface area (Å²) >= 11 is 0. The van der Waals surface area contributed by atoms with Crippen LogP contribution in [0.5, 0.6) is 5.75 Å². The minimum absolute atomic E-state index is 0.0411. The zero-order chi connectivity index (χ0) is 17.3. The fourth-order valence-electron chi connectivity index (χ4n) is 2.06. The maximum absolute atomic E-state index is 11.7. The van der Waals surface area contributed by atoms with Crippen molar-refractivity contribution < 1.29 is 9.53 Å². The van der Waals surface area contributed by atoms with Crippen LogP contribution in [0.1, 0.15) is 32.8 Å². The summed E-state index contributed by atoms with van der Waals surface area (Å²) in [4.78, 5) is 13.9. The van der Waals surface area contributed by atoms with Crippen molar-refractivity contribution in [2.24, 2.45) is 0 Å². The molecule has 0 aromatic heterocycles. The second kappa shape index (κ2) is 9.53. The number of carbonyl (C=O) groups is 1. The van der Waals surface area contributed by atoms with Gasteiger partial charge in [0.2, 0.25) is 0 Å². The third-order valence-corrected chi connectivity index (χ3v) is 3.10.